The fourth-order valence-electron chi connectivity index (χ4n) is 4.83. The largest absolute Gasteiger partial charge is 0.400 e. The Bertz CT molecular complexity index is 1300. The topological polar surface area (TPSA) is 38.7 Å². The average molecular weight is 456 g/mol. The van der Waals surface area contributed by atoms with Crippen molar-refractivity contribution in [3.63, 3.8) is 0 Å². The third kappa shape index (κ3) is 3.52. The van der Waals surface area contributed by atoms with Crippen LogP contribution in [-0.2, 0) is 5.41 Å². The Morgan fingerprint density at radius 1 is 0.543 bits per heavy atom. The number of aromatic nitrogens is 2. The van der Waals surface area contributed by atoms with Crippen molar-refractivity contribution >= 4 is 49.5 Å². The SMILES string of the molecule is CN1[B]N(c2cccc(C(C)(C)c3cccc(N4[B]N(C)c5ccccc54)n3)n2)c2ccccc21. The van der Waals surface area contributed by atoms with Crippen LogP contribution in [0.15, 0.2) is 84.9 Å². The molecule has 8 heteroatoms. The van der Waals surface area contributed by atoms with Gasteiger partial charge in [-0.2, -0.15) is 0 Å². The zero-order valence-corrected chi connectivity index (χ0v) is 20.4. The quantitative estimate of drug-likeness (QED) is 0.401. The summed E-state index contributed by atoms with van der Waals surface area (Å²) < 4.78 is 0. The lowest BCUT2D eigenvalue weighted by molar-refractivity contribution is 0.596. The fraction of sp³-hybridized carbons (Fsp3) is 0.185. The first kappa shape index (κ1) is 21.6. The van der Waals surface area contributed by atoms with Crippen LogP contribution in [0.4, 0.5) is 34.4 Å². The number of rotatable bonds is 4. The van der Waals surface area contributed by atoms with Gasteiger partial charge in [-0.1, -0.05) is 36.4 Å². The molecule has 0 saturated carbocycles. The van der Waals surface area contributed by atoms with Crippen molar-refractivity contribution in [2.24, 2.45) is 0 Å². The van der Waals surface area contributed by atoms with Crippen LogP contribution in [0.5, 0.6) is 0 Å². The first-order valence-corrected chi connectivity index (χ1v) is 11.8. The van der Waals surface area contributed by atoms with Crippen LogP contribution < -0.4 is 19.2 Å². The van der Waals surface area contributed by atoms with Crippen LogP contribution in [-0.4, -0.2) is 39.2 Å². The van der Waals surface area contributed by atoms with Crippen LogP contribution in [0.3, 0.4) is 0 Å². The predicted molar refractivity (Wildman–Crippen MR) is 146 cm³/mol. The third-order valence-electron chi connectivity index (χ3n) is 6.86. The second-order valence-corrected chi connectivity index (χ2v) is 9.56. The van der Waals surface area contributed by atoms with E-state index in [-0.39, 0.29) is 5.41 Å². The minimum absolute atomic E-state index is 0.387. The molecule has 0 aliphatic carbocycles. The molecule has 2 aliphatic rings. The van der Waals surface area contributed by atoms with Crippen molar-refractivity contribution in [1.29, 1.82) is 0 Å². The van der Waals surface area contributed by atoms with E-state index in [2.05, 4.69) is 147 Å². The summed E-state index contributed by atoms with van der Waals surface area (Å²) in [6, 6.07) is 29.2. The number of para-hydroxylation sites is 4. The van der Waals surface area contributed by atoms with Crippen molar-refractivity contribution in [2.45, 2.75) is 19.3 Å². The Morgan fingerprint density at radius 2 is 0.943 bits per heavy atom. The Labute approximate surface area is 208 Å². The lowest BCUT2D eigenvalue weighted by Crippen LogP contribution is -2.31. The molecule has 2 aromatic heterocycles. The highest BCUT2D eigenvalue weighted by molar-refractivity contribution is 6.53. The number of pyridine rings is 2. The maximum atomic E-state index is 5.11. The highest BCUT2D eigenvalue weighted by Gasteiger charge is 2.32. The van der Waals surface area contributed by atoms with Crippen molar-refractivity contribution < 1.29 is 0 Å². The molecule has 6 nitrogen and oxygen atoms in total. The Morgan fingerprint density at radius 3 is 1.37 bits per heavy atom. The van der Waals surface area contributed by atoms with E-state index in [9.17, 15) is 0 Å². The highest BCUT2D eigenvalue weighted by Crippen LogP contribution is 2.40. The van der Waals surface area contributed by atoms with Crippen LogP contribution >= 0.6 is 0 Å². The molecule has 0 amide bonds. The molecule has 2 aliphatic heterocycles. The van der Waals surface area contributed by atoms with Gasteiger partial charge in [0.25, 0.3) is 0 Å². The second kappa shape index (κ2) is 8.08. The first-order valence-electron chi connectivity index (χ1n) is 11.8. The molecule has 2 aromatic carbocycles. The van der Waals surface area contributed by atoms with Gasteiger partial charge in [-0.25, -0.2) is 9.97 Å². The van der Waals surface area contributed by atoms with Gasteiger partial charge in [0.15, 0.2) is 0 Å². The second-order valence-electron chi connectivity index (χ2n) is 9.56. The van der Waals surface area contributed by atoms with Gasteiger partial charge < -0.3 is 19.2 Å². The maximum Gasteiger partial charge on any atom is 0.397 e. The van der Waals surface area contributed by atoms with Crippen LogP contribution in [0.1, 0.15) is 25.2 Å². The van der Waals surface area contributed by atoms with E-state index in [4.69, 9.17) is 9.97 Å². The van der Waals surface area contributed by atoms with E-state index in [1.165, 1.54) is 11.4 Å². The molecule has 0 bridgehead atoms. The van der Waals surface area contributed by atoms with Gasteiger partial charge in [-0.05, 0) is 76.5 Å². The molecule has 6 rings (SSSR count). The molecule has 35 heavy (non-hydrogen) atoms. The average Bonchev–Trinajstić information content (AvgIpc) is 3.41. The summed E-state index contributed by atoms with van der Waals surface area (Å²) in [5, 5.41) is 0. The normalized spacial score (nSPS) is 14.5. The maximum absolute atomic E-state index is 5.11. The van der Waals surface area contributed by atoms with Gasteiger partial charge in [-0.3, -0.25) is 0 Å². The molecule has 4 heterocycles. The summed E-state index contributed by atoms with van der Waals surface area (Å²) in [4.78, 5) is 18.8. The summed E-state index contributed by atoms with van der Waals surface area (Å²) >= 11 is 0. The molecule has 0 saturated heterocycles. The standard InChI is InChI=1S/C27H26B2N6/c1-27(2,23-15-9-17-25(30-23)34-21-13-7-5-11-19(21)32(3)28-34)24-16-10-18-26(31-24)35-22-14-8-6-12-20(22)33(4)29-35/h5-18H,1-4H3. The Hall–Kier alpha value is -3.93. The number of nitrogens with zero attached hydrogens (tertiary/aromatic N) is 6. The third-order valence-corrected chi connectivity index (χ3v) is 6.86. The van der Waals surface area contributed by atoms with Crippen molar-refractivity contribution in [3.05, 3.63) is 96.3 Å². The first-order chi connectivity index (χ1) is 16.9. The summed E-state index contributed by atoms with van der Waals surface area (Å²) in [5.41, 5.74) is 6.16. The highest BCUT2D eigenvalue weighted by atomic mass is 15.3. The summed E-state index contributed by atoms with van der Waals surface area (Å²) in [5.74, 6) is 1.79. The fourth-order valence-corrected chi connectivity index (χ4v) is 4.83. The van der Waals surface area contributed by atoms with E-state index < -0.39 is 0 Å². The predicted octanol–water partition coefficient (Wildman–Crippen LogP) is 5.05. The number of anilines is 6. The van der Waals surface area contributed by atoms with E-state index in [0.717, 1.165) is 34.4 Å². The molecule has 170 valence electrons. The lowest BCUT2D eigenvalue weighted by Gasteiger charge is -2.27. The van der Waals surface area contributed by atoms with Gasteiger partial charge >= 0.3 is 15.1 Å². The molecular formula is C27H26B2N6. The zero-order valence-electron chi connectivity index (χ0n) is 20.4. The summed E-state index contributed by atoms with van der Waals surface area (Å²) in [6.45, 7) is 4.37. The Kier molecular flexibility index (Phi) is 4.99. The van der Waals surface area contributed by atoms with Crippen molar-refractivity contribution in [1.82, 2.24) is 9.97 Å². The van der Waals surface area contributed by atoms with Crippen molar-refractivity contribution in [2.75, 3.05) is 33.3 Å². The monoisotopic (exact) mass is 456 g/mol. The molecule has 4 aromatic rings. The smallest absolute Gasteiger partial charge is 0.397 e. The zero-order chi connectivity index (χ0) is 24.2. The van der Waals surface area contributed by atoms with Crippen LogP contribution in [0.25, 0.3) is 0 Å². The molecule has 0 atom stereocenters. The van der Waals surface area contributed by atoms with E-state index in [1.54, 1.807) is 0 Å². The number of fused-ring (bicyclic) bond motifs is 2. The molecule has 0 N–H and O–H groups in total. The minimum atomic E-state index is -0.387. The van der Waals surface area contributed by atoms with E-state index in [0.29, 0.717) is 0 Å². The van der Waals surface area contributed by atoms with Gasteiger partial charge in [0.2, 0.25) is 0 Å². The molecular weight excluding hydrogens is 430 g/mol. The van der Waals surface area contributed by atoms with Crippen molar-refractivity contribution in [3.8, 4) is 0 Å². The van der Waals surface area contributed by atoms with Gasteiger partial charge in [-0.15, -0.1) is 0 Å². The van der Waals surface area contributed by atoms with E-state index >= 15 is 0 Å². The lowest BCUT2D eigenvalue weighted by atomic mass is 9.84. The Balaban J connectivity index is 1.35. The van der Waals surface area contributed by atoms with Crippen LogP contribution in [0.2, 0.25) is 0 Å². The van der Waals surface area contributed by atoms with Gasteiger partial charge in [0, 0.05) is 16.8 Å². The minimum Gasteiger partial charge on any atom is -0.400 e. The van der Waals surface area contributed by atoms with Crippen LogP contribution in [0, 0.1) is 0 Å². The summed E-state index contributed by atoms with van der Waals surface area (Å²) in [7, 11) is 8.29. The number of benzene rings is 2. The molecule has 0 unspecified atom stereocenters. The van der Waals surface area contributed by atoms with E-state index in [1.807, 2.05) is 0 Å². The number of hydrogen-bond acceptors (Lipinski definition) is 6. The van der Waals surface area contributed by atoms with Gasteiger partial charge in [0.05, 0.1) is 22.8 Å². The summed E-state index contributed by atoms with van der Waals surface area (Å²) in [6.07, 6.45) is 0. The molecule has 0 fully saturated rings. The number of hydrogen-bond donors (Lipinski definition) is 0. The molecule has 2 radical (unpaired) electrons. The molecule has 0 spiro atoms. The van der Waals surface area contributed by atoms with Gasteiger partial charge in [0.1, 0.15) is 11.6 Å².